The molecule has 0 spiro atoms. The van der Waals surface area contributed by atoms with Gasteiger partial charge in [0.2, 0.25) is 5.91 Å². The number of amides is 1. The van der Waals surface area contributed by atoms with Gasteiger partial charge in [0.15, 0.2) is 0 Å². The lowest BCUT2D eigenvalue weighted by Crippen LogP contribution is -2.26. The van der Waals surface area contributed by atoms with E-state index in [1.54, 1.807) is 0 Å². The summed E-state index contributed by atoms with van der Waals surface area (Å²) in [6, 6.07) is 7.48. The second-order valence-corrected chi connectivity index (χ2v) is 4.74. The van der Waals surface area contributed by atoms with Crippen molar-refractivity contribution in [3.05, 3.63) is 34.9 Å². The molecular formula is C13H17Cl2NO. The fraction of sp³-hybridized carbons (Fsp3) is 0.462. The Kier molecular flexibility index (Phi) is 6.38. The quantitative estimate of drug-likeness (QED) is 0.618. The van der Waals surface area contributed by atoms with Gasteiger partial charge in [0.25, 0.3) is 0 Å². The van der Waals surface area contributed by atoms with E-state index in [1.165, 1.54) is 0 Å². The normalized spacial score (nSPS) is 12.2. The van der Waals surface area contributed by atoms with Crippen LogP contribution in [0.1, 0.15) is 37.8 Å². The molecule has 0 fully saturated rings. The van der Waals surface area contributed by atoms with Crippen LogP contribution >= 0.6 is 23.2 Å². The maximum atomic E-state index is 11.6. The molecule has 0 aliphatic rings. The first-order valence-corrected chi connectivity index (χ1v) is 6.66. The van der Waals surface area contributed by atoms with Gasteiger partial charge in [0.05, 0.1) is 6.04 Å². The van der Waals surface area contributed by atoms with Crippen molar-refractivity contribution in [3.8, 4) is 0 Å². The maximum Gasteiger partial charge on any atom is 0.220 e. The van der Waals surface area contributed by atoms with Crippen molar-refractivity contribution in [2.75, 3.05) is 5.88 Å². The van der Waals surface area contributed by atoms with Gasteiger partial charge in [-0.05, 0) is 31.4 Å². The highest BCUT2D eigenvalue weighted by molar-refractivity contribution is 6.31. The molecule has 0 aliphatic heterocycles. The highest BCUT2D eigenvalue weighted by atomic mass is 35.5. The molecule has 0 saturated heterocycles. The number of hydrogen-bond acceptors (Lipinski definition) is 1. The average Bonchev–Trinajstić information content (AvgIpc) is 2.29. The van der Waals surface area contributed by atoms with Crippen molar-refractivity contribution < 1.29 is 4.79 Å². The van der Waals surface area contributed by atoms with Gasteiger partial charge < -0.3 is 5.32 Å². The number of hydrogen-bond donors (Lipinski definition) is 1. The van der Waals surface area contributed by atoms with Crippen LogP contribution in [0.2, 0.25) is 5.02 Å². The highest BCUT2D eigenvalue weighted by Gasteiger charge is 2.11. The largest absolute Gasteiger partial charge is 0.350 e. The third-order valence-corrected chi connectivity index (χ3v) is 3.15. The van der Waals surface area contributed by atoms with Gasteiger partial charge in [0.1, 0.15) is 0 Å². The van der Waals surface area contributed by atoms with Crippen molar-refractivity contribution in [1.29, 1.82) is 0 Å². The van der Waals surface area contributed by atoms with Crippen molar-refractivity contribution in [2.24, 2.45) is 0 Å². The van der Waals surface area contributed by atoms with E-state index in [4.69, 9.17) is 23.2 Å². The van der Waals surface area contributed by atoms with Gasteiger partial charge in [-0.1, -0.05) is 29.8 Å². The fourth-order valence-electron chi connectivity index (χ4n) is 1.60. The predicted octanol–water partition coefficient (Wildman–Crippen LogP) is 3.93. The van der Waals surface area contributed by atoms with E-state index in [9.17, 15) is 4.79 Å². The Balaban J connectivity index is 2.46. The lowest BCUT2D eigenvalue weighted by molar-refractivity contribution is -0.121. The summed E-state index contributed by atoms with van der Waals surface area (Å²) in [5.74, 6) is 0.649. The molecule has 1 rings (SSSR count). The second-order valence-electron chi connectivity index (χ2n) is 3.96. The minimum atomic E-state index is -0.0628. The Hall–Kier alpha value is -0.730. The zero-order valence-corrected chi connectivity index (χ0v) is 11.4. The first kappa shape index (κ1) is 14.3. The summed E-state index contributed by atoms with van der Waals surface area (Å²) < 4.78 is 0. The molecule has 1 amide bonds. The highest BCUT2D eigenvalue weighted by Crippen LogP contribution is 2.22. The molecular weight excluding hydrogens is 257 g/mol. The molecule has 0 radical (unpaired) electrons. The predicted molar refractivity (Wildman–Crippen MR) is 72.6 cm³/mol. The van der Waals surface area contributed by atoms with Crippen LogP contribution in [0.5, 0.6) is 0 Å². The zero-order chi connectivity index (χ0) is 12.7. The molecule has 1 aromatic carbocycles. The number of nitrogens with one attached hydrogen (secondary N) is 1. The average molecular weight is 274 g/mol. The maximum absolute atomic E-state index is 11.6. The molecule has 0 aromatic heterocycles. The third kappa shape index (κ3) is 4.97. The van der Waals surface area contributed by atoms with Crippen LogP contribution in [0.15, 0.2) is 24.3 Å². The Bertz CT molecular complexity index is 368. The van der Waals surface area contributed by atoms with Crippen molar-refractivity contribution in [2.45, 2.75) is 32.2 Å². The lowest BCUT2D eigenvalue weighted by atomic mass is 10.1. The van der Waals surface area contributed by atoms with E-state index < -0.39 is 0 Å². The molecule has 1 aromatic rings. The molecule has 94 valence electrons. The molecule has 2 nitrogen and oxygen atoms in total. The molecule has 17 heavy (non-hydrogen) atoms. The summed E-state index contributed by atoms with van der Waals surface area (Å²) in [6.45, 7) is 1.93. The number of unbranched alkanes of at least 4 members (excludes halogenated alkanes) is 1. The van der Waals surface area contributed by atoms with E-state index in [-0.39, 0.29) is 11.9 Å². The molecule has 1 N–H and O–H groups in total. The van der Waals surface area contributed by atoms with E-state index in [0.29, 0.717) is 17.3 Å². The molecule has 4 heteroatoms. The third-order valence-electron chi connectivity index (χ3n) is 2.54. The minimum Gasteiger partial charge on any atom is -0.350 e. The van der Waals surface area contributed by atoms with Crippen molar-refractivity contribution in [1.82, 2.24) is 5.32 Å². The fourth-order valence-corrected chi connectivity index (χ4v) is 2.09. The number of benzene rings is 1. The van der Waals surface area contributed by atoms with Gasteiger partial charge >= 0.3 is 0 Å². The van der Waals surface area contributed by atoms with Crippen LogP contribution in [0, 0.1) is 0 Å². The Labute approximate surface area is 112 Å². The summed E-state index contributed by atoms with van der Waals surface area (Å²) >= 11 is 11.6. The molecule has 1 unspecified atom stereocenters. The van der Waals surface area contributed by atoms with E-state index >= 15 is 0 Å². The molecule has 0 heterocycles. The molecule has 1 atom stereocenters. The van der Waals surface area contributed by atoms with Crippen LogP contribution in [0.4, 0.5) is 0 Å². The van der Waals surface area contributed by atoms with Crippen LogP contribution in [-0.2, 0) is 4.79 Å². The van der Waals surface area contributed by atoms with E-state index in [0.717, 1.165) is 18.4 Å². The number of carbonyl (C=O) groups excluding carboxylic acids is 1. The van der Waals surface area contributed by atoms with Crippen LogP contribution in [-0.4, -0.2) is 11.8 Å². The molecule has 0 bridgehead atoms. The molecule has 0 saturated carbocycles. The Morgan fingerprint density at radius 2 is 2.06 bits per heavy atom. The van der Waals surface area contributed by atoms with Crippen LogP contribution < -0.4 is 5.32 Å². The number of carbonyl (C=O) groups is 1. The number of rotatable bonds is 6. The zero-order valence-electron chi connectivity index (χ0n) is 9.88. The standard InChI is InChI=1S/C13H17Cl2NO/c1-10(11-6-2-3-7-12(11)15)16-13(17)8-4-5-9-14/h2-3,6-7,10H,4-5,8-9H2,1H3,(H,16,17). The first-order chi connectivity index (χ1) is 8.15. The SMILES string of the molecule is CC(NC(=O)CCCCCl)c1ccccc1Cl. The van der Waals surface area contributed by atoms with Gasteiger partial charge in [-0.2, -0.15) is 0 Å². The van der Waals surface area contributed by atoms with Gasteiger partial charge in [-0.25, -0.2) is 0 Å². The van der Waals surface area contributed by atoms with Crippen molar-refractivity contribution in [3.63, 3.8) is 0 Å². The Morgan fingerprint density at radius 1 is 1.35 bits per heavy atom. The van der Waals surface area contributed by atoms with Gasteiger partial charge in [0, 0.05) is 17.3 Å². The summed E-state index contributed by atoms with van der Waals surface area (Å²) in [5.41, 5.74) is 0.944. The molecule has 0 aliphatic carbocycles. The Morgan fingerprint density at radius 3 is 2.71 bits per heavy atom. The second kappa shape index (κ2) is 7.57. The minimum absolute atomic E-state index is 0.0440. The van der Waals surface area contributed by atoms with Crippen LogP contribution in [0.25, 0.3) is 0 Å². The number of halogens is 2. The van der Waals surface area contributed by atoms with Crippen molar-refractivity contribution >= 4 is 29.1 Å². The van der Waals surface area contributed by atoms with Crippen LogP contribution in [0.3, 0.4) is 0 Å². The summed E-state index contributed by atoms with van der Waals surface area (Å²) in [4.78, 5) is 11.6. The summed E-state index contributed by atoms with van der Waals surface area (Å²) in [6.07, 6.45) is 2.21. The summed E-state index contributed by atoms with van der Waals surface area (Å²) in [5, 5.41) is 3.61. The topological polar surface area (TPSA) is 29.1 Å². The lowest BCUT2D eigenvalue weighted by Gasteiger charge is -2.15. The smallest absolute Gasteiger partial charge is 0.220 e. The van der Waals surface area contributed by atoms with E-state index in [1.807, 2.05) is 31.2 Å². The monoisotopic (exact) mass is 273 g/mol. The first-order valence-electron chi connectivity index (χ1n) is 5.75. The number of alkyl halides is 1. The van der Waals surface area contributed by atoms with Gasteiger partial charge in [-0.15, -0.1) is 11.6 Å². The van der Waals surface area contributed by atoms with E-state index in [2.05, 4.69) is 5.32 Å². The van der Waals surface area contributed by atoms with Gasteiger partial charge in [-0.3, -0.25) is 4.79 Å². The summed E-state index contributed by atoms with van der Waals surface area (Å²) in [7, 11) is 0.